The Morgan fingerprint density at radius 2 is 2.36 bits per heavy atom. The van der Waals surface area contributed by atoms with E-state index >= 15 is 0 Å². The summed E-state index contributed by atoms with van der Waals surface area (Å²) in [6, 6.07) is 2.74. The Morgan fingerprint density at radius 3 is 2.91 bits per heavy atom. The lowest BCUT2D eigenvalue weighted by molar-refractivity contribution is 0.393. The van der Waals surface area contributed by atoms with Crippen LogP contribution in [-0.2, 0) is 6.54 Å². The SMILES string of the molecule is COc1ccc(F)c(CN)n1. The predicted molar refractivity (Wildman–Crippen MR) is 38.6 cm³/mol. The molecule has 0 atom stereocenters. The Bertz CT molecular complexity index is 252. The number of hydrogen-bond acceptors (Lipinski definition) is 3. The van der Waals surface area contributed by atoms with E-state index in [9.17, 15) is 4.39 Å². The molecule has 1 aromatic heterocycles. The monoisotopic (exact) mass is 156 g/mol. The summed E-state index contributed by atoms with van der Waals surface area (Å²) < 4.78 is 17.5. The fourth-order valence-corrected chi connectivity index (χ4v) is 0.721. The second-order valence-electron chi connectivity index (χ2n) is 1.99. The van der Waals surface area contributed by atoms with E-state index in [0.717, 1.165) is 0 Å². The first kappa shape index (κ1) is 7.94. The van der Waals surface area contributed by atoms with Crippen LogP contribution in [0.4, 0.5) is 4.39 Å². The zero-order chi connectivity index (χ0) is 8.27. The maximum absolute atomic E-state index is 12.7. The fourth-order valence-electron chi connectivity index (χ4n) is 0.721. The first-order valence-corrected chi connectivity index (χ1v) is 3.17. The third-order valence-corrected chi connectivity index (χ3v) is 1.30. The zero-order valence-electron chi connectivity index (χ0n) is 6.17. The van der Waals surface area contributed by atoms with Crippen LogP contribution in [0.15, 0.2) is 12.1 Å². The summed E-state index contributed by atoms with van der Waals surface area (Å²) in [6.45, 7) is 0.0863. The minimum atomic E-state index is -0.395. The average molecular weight is 156 g/mol. The van der Waals surface area contributed by atoms with Crippen molar-refractivity contribution in [3.8, 4) is 5.88 Å². The van der Waals surface area contributed by atoms with Gasteiger partial charge in [-0.05, 0) is 6.07 Å². The summed E-state index contributed by atoms with van der Waals surface area (Å²) in [5.74, 6) is -0.0137. The first-order chi connectivity index (χ1) is 5.27. The second kappa shape index (κ2) is 3.30. The minimum Gasteiger partial charge on any atom is -0.481 e. The van der Waals surface area contributed by atoms with E-state index in [1.165, 1.54) is 19.2 Å². The van der Waals surface area contributed by atoms with Crippen LogP contribution in [-0.4, -0.2) is 12.1 Å². The van der Waals surface area contributed by atoms with Gasteiger partial charge in [0.1, 0.15) is 5.82 Å². The average Bonchev–Trinajstić information content (AvgIpc) is 2.05. The van der Waals surface area contributed by atoms with Gasteiger partial charge in [0.05, 0.1) is 12.8 Å². The van der Waals surface area contributed by atoms with Crippen molar-refractivity contribution in [2.24, 2.45) is 5.73 Å². The topological polar surface area (TPSA) is 48.1 Å². The van der Waals surface area contributed by atoms with Crippen molar-refractivity contribution in [3.05, 3.63) is 23.6 Å². The third kappa shape index (κ3) is 1.65. The Labute approximate surface area is 64.0 Å². The number of ether oxygens (including phenoxy) is 1. The van der Waals surface area contributed by atoms with Crippen LogP contribution in [0.1, 0.15) is 5.69 Å². The molecule has 1 rings (SSSR count). The van der Waals surface area contributed by atoms with Crippen LogP contribution in [0.25, 0.3) is 0 Å². The molecule has 0 radical (unpaired) electrons. The molecule has 0 fully saturated rings. The molecule has 2 N–H and O–H groups in total. The lowest BCUT2D eigenvalue weighted by atomic mass is 10.3. The van der Waals surface area contributed by atoms with Crippen molar-refractivity contribution in [3.63, 3.8) is 0 Å². The molecule has 0 saturated heterocycles. The largest absolute Gasteiger partial charge is 0.481 e. The van der Waals surface area contributed by atoms with Crippen molar-refractivity contribution in [1.82, 2.24) is 4.98 Å². The van der Waals surface area contributed by atoms with Crippen LogP contribution >= 0.6 is 0 Å². The molecule has 0 saturated carbocycles. The molecule has 0 amide bonds. The van der Waals surface area contributed by atoms with Crippen LogP contribution in [0.5, 0.6) is 5.88 Å². The Balaban J connectivity index is 3.02. The van der Waals surface area contributed by atoms with Crippen molar-refractivity contribution < 1.29 is 9.13 Å². The number of methoxy groups -OCH3 is 1. The maximum atomic E-state index is 12.7. The van der Waals surface area contributed by atoms with Gasteiger partial charge < -0.3 is 10.5 Å². The van der Waals surface area contributed by atoms with Crippen molar-refractivity contribution in [1.29, 1.82) is 0 Å². The van der Waals surface area contributed by atoms with Gasteiger partial charge in [-0.2, -0.15) is 0 Å². The summed E-state index contributed by atoms with van der Waals surface area (Å²) in [4.78, 5) is 3.79. The molecule has 0 bridgehead atoms. The minimum absolute atomic E-state index is 0.0863. The second-order valence-corrected chi connectivity index (χ2v) is 1.99. The highest BCUT2D eigenvalue weighted by molar-refractivity contribution is 5.17. The van der Waals surface area contributed by atoms with Gasteiger partial charge in [-0.3, -0.25) is 0 Å². The molecule has 0 unspecified atom stereocenters. The van der Waals surface area contributed by atoms with Gasteiger partial charge >= 0.3 is 0 Å². The number of hydrogen-bond donors (Lipinski definition) is 1. The lowest BCUT2D eigenvalue weighted by Crippen LogP contribution is -2.03. The smallest absolute Gasteiger partial charge is 0.213 e. The van der Waals surface area contributed by atoms with Crippen LogP contribution in [0, 0.1) is 5.82 Å². The van der Waals surface area contributed by atoms with E-state index in [1.807, 2.05) is 0 Å². The Hall–Kier alpha value is -1.16. The third-order valence-electron chi connectivity index (χ3n) is 1.30. The van der Waals surface area contributed by atoms with E-state index in [-0.39, 0.29) is 12.2 Å². The lowest BCUT2D eigenvalue weighted by Gasteiger charge is -2.01. The van der Waals surface area contributed by atoms with Gasteiger partial charge in [0.25, 0.3) is 0 Å². The van der Waals surface area contributed by atoms with Crippen molar-refractivity contribution in [2.75, 3.05) is 7.11 Å². The molecule has 0 aliphatic carbocycles. The van der Waals surface area contributed by atoms with E-state index in [2.05, 4.69) is 4.98 Å². The highest BCUT2D eigenvalue weighted by atomic mass is 19.1. The first-order valence-electron chi connectivity index (χ1n) is 3.17. The summed E-state index contributed by atoms with van der Waals surface area (Å²) in [7, 11) is 1.47. The molecule has 1 heterocycles. The highest BCUT2D eigenvalue weighted by Crippen LogP contribution is 2.10. The van der Waals surface area contributed by atoms with Crippen molar-refractivity contribution >= 4 is 0 Å². The van der Waals surface area contributed by atoms with Gasteiger partial charge in [-0.25, -0.2) is 9.37 Å². The molecule has 0 aromatic carbocycles. The molecule has 0 spiro atoms. The number of pyridine rings is 1. The fraction of sp³-hybridized carbons (Fsp3) is 0.286. The maximum Gasteiger partial charge on any atom is 0.213 e. The summed E-state index contributed by atoms with van der Waals surface area (Å²) in [5, 5.41) is 0. The van der Waals surface area contributed by atoms with E-state index in [1.54, 1.807) is 0 Å². The summed E-state index contributed by atoms with van der Waals surface area (Å²) in [5.41, 5.74) is 5.44. The quantitative estimate of drug-likeness (QED) is 0.685. The predicted octanol–water partition coefficient (Wildman–Crippen LogP) is 0.688. The number of nitrogens with two attached hydrogens (primary N) is 1. The number of rotatable bonds is 2. The van der Waals surface area contributed by atoms with Gasteiger partial charge in [-0.1, -0.05) is 0 Å². The molecule has 0 aliphatic heterocycles. The van der Waals surface area contributed by atoms with Crippen LogP contribution in [0.3, 0.4) is 0 Å². The van der Waals surface area contributed by atoms with E-state index in [4.69, 9.17) is 10.5 Å². The molecular weight excluding hydrogens is 147 g/mol. The number of aromatic nitrogens is 1. The summed E-state index contributed by atoms with van der Waals surface area (Å²) in [6.07, 6.45) is 0. The van der Waals surface area contributed by atoms with Gasteiger partial charge in [0.15, 0.2) is 0 Å². The Morgan fingerprint density at radius 1 is 1.64 bits per heavy atom. The van der Waals surface area contributed by atoms with Crippen LogP contribution < -0.4 is 10.5 Å². The van der Waals surface area contributed by atoms with E-state index < -0.39 is 5.82 Å². The molecule has 60 valence electrons. The highest BCUT2D eigenvalue weighted by Gasteiger charge is 2.02. The van der Waals surface area contributed by atoms with Gasteiger partial charge in [-0.15, -0.1) is 0 Å². The summed E-state index contributed by atoms with van der Waals surface area (Å²) >= 11 is 0. The standard InChI is InChI=1S/C7H9FN2O/c1-11-7-3-2-5(8)6(4-9)10-7/h2-3H,4,9H2,1H3. The number of halogens is 1. The van der Waals surface area contributed by atoms with Gasteiger partial charge in [0, 0.05) is 12.6 Å². The zero-order valence-corrected chi connectivity index (χ0v) is 6.17. The molecule has 1 aromatic rings. The molecule has 11 heavy (non-hydrogen) atoms. The van der Waals surface area contributed by atoms with E-state index in [0.29, 0.717) is 5.88 Å². The Kier molecular flexibility index (Phi) is 2.38. The normalized spacial score (nSPS) is 9.73. The number of nitrogens with zero attached hydrogens (tertiary/aromatic N) is 1. The molecule has 4 heteroatoms. The molecule has 0 aliphatic rings. The van der Waals surface area contributed by atoms with Gasteiger partial charge in [0.2, 0.25) is 5.88 Å². The molecular formula is C7H9FN2O. The van der Waals surface area contributed by atoms with Crippen molar-refractivity contribution in [2.45, 2.75) is 6.54 Å². The van der Waals surface area contributed by atoms with Crippen LogP contribution in [0.2, 0.25) is 0 Å². The molecule has 3 nitrogen and oxygen atoms in total.